The summed E-state index contributed by atoms with van der Waals surface area (Å²) in [6.45, 7) is 5.91. The van der Waals surface area contributed by atoms with E-state index in [4.69, 9.17) is 13.9 Å². The summed E-state index contributed by atoms with van der Waals surface area (Å²) in [6, 6.07) is 19.1. The number of ether oxygens (including phenoxy) is 2. The number of esters is 2. The smallest absolute Gasteiger partial charge is 0.323 e. The van der Waals surface area contributed by atoms with Crippen molar-refractivity contribution < 1.29 is 28.3 Å². The van der Waals surface area contributed by atoms with Gasteiger partial charge in [-0.3, -0.25) is 14.4 Å². The molecular weight excluding hydrogens is 456 g/mol. The maximum atomic E-state index is 13.9. The second kappa shape index (κ2) is 9.23. The Labute approximate surface area is 211 Å². The van der Waals surface area contributed by atoms with Crippen LogP contribution in [0.5, 0.6) is 0 Å². The number of rotatable bonds is 7. The van der Waals surface area contributed by atoms with Gasteiger partial charge in [0.05, 0.1) is 13.2 Å². The number of ketones is 1. The second-order valence-corrected chi connectivity index (χ2v) is 10.2. The summed E-state index contributed by atoms with van der Waals surface area (Å²) in [5.74, 6) is -0.802. The number of benzene rings is 2. The zero-order valence-corrected chi connectivity index (χ0v) is 21.0. The minimum Gasteiger partial charge on any atom is -0.465 e. The summed E-state index contributed by atoms with van der Waals surface area (Å²) in [7, 11) is 0. The lowest BCUT2D eigenvalue weighted by molar-refractivity contribution is -0.172. The Hall–Kier alpha value is -3.41. The summed E-state index contributed by atoms with van der Waals surface area (Å²) >= 11 is 0. The molecule has 0 aliphatic heterocycles. The number of para-hydroxylation sites is 1. The maximum Gasteiger partial charge on any atom is 0.323 e. The van der Waals surface area contributed by atoms with Crippen molar-refractivity contribution in [1.82, 2.24) is 0 Å². The first-order valence-electron chi connectivity index (χ1n) is 12.8. The number of fused-ring (bicyclic) bond motifs is 2. The van der Waals surface area contributed by atoms with Crippen LogP contribution in [-0.2, 0) is 24.5 Å². The second-order valence-electron chi connectivity index (χ2n) is 10.2. The van der Waals surface area contributed by atoms with Crippen molar-refractivity contribution in [2.45, 2.75) is 45.4 Å². The zero-order chi connectivity index (χ0) is 25.5. The van der Waals surface area contributed by atoms with Crippen LogP contribution in [-0.4, -0.2) is 30.9 Å². The van der Waals surface area contributed by atoms with Crippen LogP contribution in [0, 0.1) is 23.2 Å². The monoisotopic (exact) mass is 488 g/mol. The summed E-state index contributed by atoms with van der Waals surface area (Å²) in [5, 5.41) is 0.961. The van der Waals surface area contributed by atoms with E-state index >= 15 is 0 Å². The van der Waals surface area contributed by atoms with E-state index in [2.05, 4.69) is 6.92 Å². The fourth-order valence-electron chi connectivity index (χ4n) is 6.71. The fourth-order valence-corrected chi connectivity index (χ4v) is 6.71. The first kappa shape index (κ1) is 24.3. The fraction of sp³-hybridized carbons (Fsp3) is 0.433. The van der Waals surface area contributed by atoms with Gasteiger partial charge in [-0.15, -0.1) is 0 Å². The van der Waals surface area contributed by atoms with Gasteiger partial charge >= 0.3 is 11.9 Å². The highest BCUT2D eigenvalue weighted by atomic mass is 16.6. The van der Waals surface area contributed by atoms with Crippen LogP contribution in [0.2, 0.25) is 0 Å². The molecule has 6 heteroatoms. The Morgan fingerprint density at radius 1 is 0.917 bits per heavy atom. The van der Waals surface area contributed by atoms with Crippen molar-refractivity contribution in [3.05, 3.63) is 72.0 Å². The van der Waals surface area contributed by atoms with E-state index < -0.39 is 22.8 Å². The standard InChI is InChI=1S/C30H32O6/c1-4-34-27(32)30(28(33)35-5-2)17-21-15-22(26(31)19-11-7-6-8-12-19)29(3,23(21)18-30)25-16-20-13-9-10-14-24(20)36-25/h6-14,16,21-23H,4-5,15,17-18H2,1-3H3/t21-,22+,23+,29+/m0/s1. The molecular formula is C30H32O6. The predicted octanol–water partition coefficient (Wildman–Crippen LogP) is 5.73. The van der Waals surface area contributed by atoms with E-state index in [-0.39, 0.29) is 43.2 Å². The highest BCUT2D eigenvalue weighted by Crippen LogP contribution is 2.64. The number of carbonyl (C=O) groups is 3. The molecule has 4 atom stereocenters. The average molecular weight is 489 g/mol. The van der Waals surface area contributed by atoms with Gasteiger partial charge in [0, 0.05) is 22.3 Å². The number of carbonyl (C=O) groups excluding carboxylic acids is 3. The highest BCUT2D eigenvalue weighted by Gasteiger charge is 2.67. The van der Waals surface area contributed by atoms with Crippen molar-refractivity contribution in [2.75, 3.05) is 13.2 Å². The molecule has 36 heavy (non-hydrogen) atoms. The topological polar surface area (TPSA) is 82.8 Å². The van der Waals surface area contributed by atoms with Gasteiger partial charge in [-0.1, -0.05) is 55.5 Å². The SMILES string of the molecule is CCOC(=O)C1(C(=O)OCC)C[C@@H]2C[C@H](C(=O)c3ccccc3)[C@@](C)(c3cc4ccccc4o3)[C@@H]2C1. The van der Waals surface area contributed by atoms with Crippen molar-refractivity contribution in [3.63, 3.8) is 0 Å². The van der Waals surface area contributed by atoms with E-state index in [1.807, 2.05) is 60.7 Å². The van der Waals surface area contributed by atoms with Crippen LogP contribution >= 0.6 is 0 Å². The van der Waals surface area contributed by atoms with Gasteiger partial charge in [0.1, 0.15) is 11.3 Å². The summed E-state index contributed by atoms with van der Waals surface area (Å²) in [5.41, 5.74) is -0.665. The van der Waals surface area contributed by atoms with Crippen molar-refractivity contribution in [1.29, 1.82) is 0 Å². The lowest BCUT2D eigenvalue weighted by atomic mass is 9.66. The van der Waals surface area contributed by atoms with Crippen molar-refractivity contribution in [3.8, 4) is 0 Å². The molecule has 0 saturated heterocycles. The predicted molar refractivity (Wildman–Crippen MR) is 134 cm³/mol. The van der Waals surface area contributed by atoms with E-state index in [0.717, 1.165) is 11.0 Å². The molecule has 0 radical (unpaired) electrons. The van der Waals surface area contributed by atoms with E-state index in [9.17, 15) is 14.4 Å². The van der Waals surface area contributed by atoms with E-state index in [1.165, 1.54) is 0 Å². The molecule has 0 N–H and O–H groups in total. The molecule has 188 valence electrons. The van der Waals surface area contributed by atoms with Gasteiger partial charge in [-0.25, -0.2) is 0 Å². The molecule has 2 aliphatic rings. The first-order valence-corrected chi connectivity index (χ1v) is 12.8. The van der Waals surface area contributed by atoms with Gasteiger partial charge in [0.2, 0.25) is 0 Å². The van der Waals surface area contributed by atoms with Gasteiger partial charge in [-0.2, -0.15) is 0 Å². The zero-order valence-electron chi connectivity index (χ0n) is 21.0. The largest absolute Gasteiger partial charge is 0.465 e. The third-order valence-corrected chi connectivity index (χ3v) is 8.44. The highest BCUT2D eigenvalue weighted by molar-refractivity contribution is 6.02. The maximum absolute atomic E-state index is 13.9. The molecule has 0 unspecified atom stereocenters. The van der Waals surface area contributed by atoms with Gasteiger partial charge in [0.25, 0.3) is 0 Å². The van der Waals surface area contributed by atoms with Crippen LogP contribution < -0.4 is 0 Å². The molecule has 2 aliphatic carbocycles. The van der Waals surface area contributed by atoms with Crippen LogP contribution in [0.15, 0.2) is 65.1 Å². The molecule has 0 spiro atoms. The van der Waals surface area contributed by atoms with E-state index in [1.54, 1.807) is 13.8 Å². The summed E-state index contributed by atoms with van der Waals surface area (Å²) in [6.07, 6.45) is 1.14. The molecule has 6 nitrogen and oxygen atoms in total. The van der Waals surface area contributed by atoms with Gasteiger partial charge < -0.3 is 13.9 Å². The van der Waals surface area contributed by atoms with Crippen molar-refractivity contribution >= 4 is 28.7 Å². The van der Waals surface area contributed by atoms with Crippen LogP contribution in [0.3, 0.4) is 0 Å². The Bertz CT molecular complexity index is 1240. The summed E-state index contributed by atoms with van der Waals surface area (Å²) < 4.78 is 17.2. The first-order chi connectivity index (χ1) is 17.3. The molecule has 2 aromatic carbocycles. The van der Waals surface area contributed by atoms with Crippen LogP contribution in [0.1, 0.15) is 56.2 Å². The molecule has 3 aromatic rings. The number of Topliss-reactive ketones (excluding diaryl/α,β-unsaturated/α-hetero) is 1. The number of furan rings is 1. The molecule has 0 bridgehead atoms. The van der Waals surface area contributed by atoms with Crippen molar-refractivity contribution in [2.24, 2.45) is 23.2 Å². The number of hydrogen-bond donors (Lipinski definition) is 0. The molecule has 1 heterocycles. The lowest BCUT2D eigenvalue weighted by Gasteiger charge is -2.36. The Balaban J connectivity index is 1.61. The minimum atomic E-state index is -1.37. The van der Waals surface area contributed by atoms with E-state index in [0.29, 0.717) is 24.2 Å². The molecule has 0 amide bonds. The Morgan fingerprint density at radius 3 is 2.19 bits per heavy atom. The minimum absolute atomic E-state index is 0.0327. The lowest BCUT2D eigenvalue weighted by Crippen LogP contribution is -2.44. The third kappa shape index (κ3) is 3.66. The van der Waals surface area contributed by atoms with Gasteiger partial charge in [0.15, 0.2) is 11.2 Å². The summed E-state index contributed by atoms with van der Waals surface area (Å²) in [4.78, 5) is 40.3. The third-order valence-electron chi connectivity index (χ3n) is 8.44. The molecule has 1 aromatic heterocycles. The Morgan fingerprint density at radius 2 is 1.56 bits per heavy atom. The van der Waals surface area contributed by atoms with Gasteiger partial charge in [-0.05, 0) is 57.1 Å². The normalized spacial score (nSPS) is 26.5. The Kier molecular flexibility index (Phi) is 6.23. The molecule has 5 rings (SSSR count). The molecule has 2 fully saturated rings. The number of hydrogen-bond acceptors (Lipinski definition) is 6. The van der Waals surface area contributed by atoms with Crippen LogP contribution in [0.25, 0.3) is 11.0 Å². The quantitative estimate of drug-likeness (QED) is 0.240. The average Bonchev–Trinajstić information content (AvgIpc) is 3.57. The van der Waals surface area contributed by atoms with Crippen LogP contribution in [0.4, 0.5) is 0 Å². The molecule has 2 saturated carbocycles.